The highest BCUT2D eigenvalue weighted by Gasteiger charge is 2.17. The molecule has 0 bridgehead atoms. The molecule has 1 aliphatic rings. The first-order valence-corrected chi connectivity index (χ1v) is 6.90. The van der Waals surface area contributed by atoms with Gasteiger partial charge in [-0.2, -0.15) is 0 Å². The van der Waals surface area contributed by atoms with Gasteiger partial charge in [-0.3, -0.25) is 4.79 Å². The van der Waals surface area contributed by atoms with Crippen molar-refractivity contribution in [2.24, 2.45) is 0 Å². The molecular formula is C15H19NO4. The van der Waals surface area contributed by atoms with E-state index in [-0.39, 0.29) is 29.9 Å². The van der Waals surface area contributed by atoms with E-state index in [1.165, 1.54) is 24.6 Å². The van der Waals surface area contributed by atoms with E-state index in [9.17, 15) is 14.7 Å². The molecule has 2 N–H and O–H groups in total. The van der Waals surface area contributed by atoms with Crippen molar-refractivity contribution in [3.63, 3.8) is 0 Å². The van der Waals surface area contributed by atoms with E-state index in [2.05, 4.69) is 5.32 Å². The Morgan fingerprint density at radius 2 is 2.00 bits per heavy atom. The van der Waals surface area contributed by atoms with E-state index in [4.69, 9.17) is 4.74 Å². The first-order chi connectivity index (χ1) is 9.65. The first-order valence-electron chi connectivity index (χ1n) is 6.90. The van der Waals surface area contributed by atoms with Gasteiger partial charge in [0.15, 0.2) is 6.61 Å². The molecule has 0 unspecified atom stereocenters. The van der Waals surface area contributed by atoms with Crippen molar-refractivity contribution in [3.8, 4) is 5.75 Å². The lowest BCUT2D eigenvalue weighted by Crippen LogP contribution is -2.38. The molecule has 1 aromatic rings. The number of phenols is 1. The zero-order chi connectivity index (χ0) is 14.4. The van der Waals surface area contributed by atoms with Gasteiger partial charge in [0, 0.05) is 6.04 Å². The highest BCUT2D eigenvalue weighted by molar-refractivity contribution is 5.91. The summed E-state index contributed by atoms with van der Waals surface area (Å²) in [6, 6.07) is 6.05. The van der Waals surface area contributed by atoms with Crippen LogP contribution in [0.1, 0.15) is 42.5 Å². The minimum Gasteiger partial charge on any atom is -0.508 e. The maximum absolute atomic E-state index is 11.7. The third kappa shape index (κ3) is 4.26. The average Bonchev–Trinajstić information content (AvgIpc) is 2.46. The predicted molar refractivity (Wildman–Crippen MR) is 73.4 cm³/mol. The quantitative estimate of drug-likeness (QED) is 0.825. The summed E-state index contributed by atoms with van der Waals surface area (Å²) in [5, 5.41) is 12.1. The molecule has 0 radical (unpaired) electrons. The average molecular weight is 277 g/mol. The van der Waals surface area contributed by atoms with E-state index >= 15 is 0 Å². The molecule has 1 amide bonds. The first kappa shape index (κ1) is 14.4. The molecule has 2 rings (SSSR count). The number of nitrogens with one attached hydrogen (secondary N) is 1. The van der Waals surface area contributed by atoms with Crippen LogP contribution in [0.4, 0.5) is 0 Å². The predicted octanol–water partition coefficient (Wildman–Crippen LogP) is 2.00. The molecule has 1 fully saturated rings. The lowest BCUT2D eigenvalue weighted by molar-refractivity contribution is -0.125. The maximum Gasteiger partial charge on any atom is 0.338 e. The van der Waals surface area contributed by atoms with E-state index in [1.54, 1.807) is 6.07 Å². The van der Waals surface area contributed by atoms with Gasteiger partial charge in [-0.25, -0.2) is 4.79 Å². The fourth-order valence-corrected chi connectivity index (χ4v) is 2.36. The highest BCUT2D eigenvalue weighted by Crippen LogP contribution is 2.17. The Labute approximate surface area is 117 Å². The third-order valence-corrected chi connectivity index (χ3v) is 3.39. The van der Waals surface area contributed by atoms with Crippen molar-refractivity contribution >= 4 is 11.9 Å². The van der Waals surface area contributed by atoms with Gasteiger partial charge in [0.1, 0.15) is 5.75 Å². The SMILES string of the molecule is O=C(COC(=O)c1cccc(O)c1)NC1CCCCC1. The summed E-state index contributed by atoms with van der Waals surface area (Å²) < 4.78 is 4.92. The number of aromatic hydroxyl groups is 1. The van der Waals surface area contributed by atoms with Crippen LogP contribution in [0.2, 0.25) is 0 Å². The number of amides is 1. The number of esters is 1. The van der Waals surface area contributed by atoms with Crippen molar-refractivity contribution in [1.82, 2.24) is 5.32 Å². The molecule has 5 nitrogen and oxygen atoms in total. The Hall–Kier alpha value is -2.04. The molecule has 0 aliphatic heterocycles. The van der Waals surface area contributed by atoms with Crippen LogP contribution in [-0.4, -0.2) is 29.6 Å². The summed E-state index contributed by atoms with van der Waals surface area (Å²) in [6.45, 7) is -0.287. The molecule has 1 aromatic carbocycles. The van der Waals surface area contributed by atoms with Gasteiger partial charge in [-0.1, -0.05) is 25.3 Å². The van der Waals surface area contributed by atoms with Crippen LogP contribution < -0.4 is 5.32 Å². The molecule has 5 heteroatoms. The van der Waals surface area contributed by atoms with Crippen molar-refractivity contribution in [2.45, 2.75) is 38.1 Å². The maximum atomic E-state index is 11.7. The Balaban J connectivity index is 1.76. The van der Waals surface area contributed by atoms with Gasteiger partial charge in [-0.15, -0.1) is 0 Å². The fraction of sp³-hybridized carbons (Fsp3) is 0.467. The molecule has 1 saturated carbocycles. The Morgan fingerprint density at radius 1 is 1.25 bits per heavy atom. The fourth-order valence-electron chi connectivity index (χ4n) is 2.36. The topological polar surface area (TPSA) is 75.6 Å². The van der Waals surface area contributed by atoms with Gasteiger partial charge in [0.2, 0.25) is 0 Å². The number of ether oxygens (including phenoxy) is 1. The van der Waals surface area contributed by atoms with Gasteiger partial charge in [0.25, 0.3) is 5.91 Å². The second-order valence-electron chi connectivity index (χ2n) is 5.03. The van der Waals surface area contributed by atoms with Crippen LogP contribution >= 0.6 is 0 Å². The zero-order valence-corrected chi connectivity index (χ0v) is 11.3. The highest BCUT2D eigenvalue weighted by atomic mass is 16.5. The van der Waals surface area contributed by atoms with E-state index < -0.39 is 5.97 Å². The Bertz CT molecular complexity index is 481. The molecule has 0 heterocycles. The number of rotatable bonds is 4. The second kappa shape index (κ2) is 6.93. The minimum absolute atomic E-state index is 0.00823. The lowest BCUT2D eigenvalue weighted by Gasteiger charge is -2.22. The standard InChI is InChI=1S/C15H19NO4/c17-13-8-4-5-11(9-13)15(19)20-10-14(18)16-12-6-2-1-3-7-12/h4-5,8-9,12,17H,1-3,6-7,10H2,(H,16,18). The summed E-state index contributed by atoms with van der Waals surface area (Å²) in [4.78, 5) is 23.4. The van der Waals surface area contributed by atoms with Crippen LogP contribution in [0.25, 0.3) is 0 Å². The molecule has 20 heavy (non-hydrogen) atoms. The monoisotopic (exact) mass is 277 g/mol. The number of carbonyl (C=O) groups excluding carboxylic acids is 2. The molecule has 0 atom stereocenters. The summed E-state index contributed by atoms with van der Waals surface area (Å²) in [5.41, 5.74) is 0.232. The molecular weight excluding hydrogens is 258 g/mol. The van der Waals surface area contributed by atoms with Gasteiger partial charge >= 0.3 is 5.97 Å². The Kier molecular flexibility index (Phi) is 4.98. The van der Waals surface area contributed by atoms with E-state index in [0.29, 0.717) is 0 Å². The van der Waals surface area contributed by atoms with Gasteiger partial charge in [-0.05, 0) is 31.0 Å². The number of carbonyl (C=O) groups is 2. The normalized spacial score (nSPS) is 15.6. The van der Waals surface area contributed by atoms with E-state index in [0.717, 1.165) is 25.7 Å². The van der Waals surface area contributed by atoms with Crippen molar-refractivity contribution in [2.75, 3.05) is 6.61 Å². The largest absolute Gasteiger partial charge is 0.508 e. The van der Waals surface area contributed by atoms with Gasteiger partial charge < -0.3 is 15.2 Å². The van der Waals surface area contributed by atoms with Crippen LogP contribution in [0, 0.1) is 0 Å². The van der Waals surface area contributed by atoms with Crippen LogP contribution in [0.5, 0.6) is 5.75 Å². The number of benzene rings is 1. The lowest BCUT2D eigenvalue weighted by atomic mass is 9.95. The Morgan fingerprint density at radius 3 is 2.70 bits per heavy atom. The third-order valence-electron chi connectivity index (χ3n) is 3.39. The molecule has 0 saturated heterocycles. The number of hydrogen-bond donors (Lipinski definition) is 2. The number of phenolic OH excluding ortho intramolecular Hbond substituents is 1. The van der Waals surface area contributed by atoms with Crippen LogP contribution in [0.15, 0.2) is 24.3 Å². The van der Waals surface area contributed by atoms with Crippen molar-refractivity contribution < 1.29 is 19.4 Å². The van der Waals surface area contributed by atoms with Gasteiger partial charge in [0.05, 0.1) is 5.56 Å². The smallest absolute Gasteiger partial charge is 0.338 e. The summed E-state index contributed by atoms with van der Waals surface area (Å²) in [6.07, 6.45) is 5.47. The zero-order valence-electron chi connectivity index (χ0n) is 11.3. The molecule has 0 aromatic heterocycles. The van der Waals surface area contributed by atoms with Crippen LogP contribution in [0.3, 0.4) is 0 Å². The summed E-state index contributed by atoms with van der Waals surface area (Å²) in [7, 11) is 0. The summed E-state index contributed by atoms with van der Waals surface area (Å²) in [5.74, 6) is -0.892. The van der Waals surface area contributed by atoms with Crippen LogP contribution in [-0.2, 0) is 9.53 Å². The van der Waals surface area contributed by atoms with Crippen molar-refractivity contribution in [1.29, 1.82) is 0 Å². The number of hydrogen-bond acceptors (Lipinski definition) is 4. The minimum atomic E-state index is -0.611. The molecule has 1 aliphatic carbocycles. The van der Waals surface area contributed by atoms with E-state index in [1.807, 2.05) is 0 Å². The molecule has 0 spiro atoms. The second-order valence-corrected chi connectivity index (χ2v) is 5.03. The summed E-state index contributed by atoms with van der Waals surface area (Å²) >= 11 is 0. The molecule has 108 valence electrons. The van der Waals surface area contributed by atoms with Crippen molar-refractivity contribution in [3.05, 3.63) is 29.8 Å².